The smallest absolute Gasteiger partial charge is 0.267 e. The van der Waals surface area contributed by atoms with Gasteiger partial charge in [-0.15, -0.1) is 0 Å². The zero-order valence-corrected chi connectivity index (χ0v) is 21.7. The predicted molar refractivity (Wildman–Crippen MR) is 137 cm³/mol. The van der Waals surface area contributed by atoms with E-state index in [1.54, 1.807) is 6.92 Å². The summed E-state index contributed by atoms with van der Waals surface area (Å²) < 4.78 is 25.6. The minimum absolute atomic E-state index is 0.0855. The third-order valence-electron chi connectivity index (χ3n) is 5.55. The van der Waals surface area contributed by atoms with E-state index in [1.165, 1.54) is 25.5 Å². The second kappa shape index (κ2) is 10.7. The van der Waals surface area contributed by atoms with Crippen molar-refractivity contribution in [1.82, 2.24) is 4.31 Å². The maximum atomic E-state index is 12.2. The van der Waals surface area contributed by atoms with Crippen molar-refractivity contribution in [2.75, 3.05) is 18.9 Å². The van der Waals surface area contributed by atoms with Gasteiger partial charge in [-0.25, -0.2) is 8.42 Å². The van der Waals surface area contributed by atoms with Crippen LogP contribution in [-0.4, -0.2) is 38.8 Å². The van der Waals surface area contributed by atoms with Gasteiger partial charge in [-0.2, -0.15) is 4.31 Å². The molecule has 0 amide bonds. The van der Waals surface area contributed by atoms with Crippen molar-refractivity contribution in [2.45, 2.75) is 46.6 Å². The Kier molecular flexibility index (Phi) is 8.79. The van der Waals surface area contributed by atoms with E-state index in [1.807, 2.05) is 58.2 Å². The van der Waals surface area contributed by atoms with Crippen molar-refractivity contribution >= 4 is 52.3 Å². The number of hydrogen-bond donors (Lipinski definition) is 1. The number of carbonyl (C=O) groups is 1. The minimum atomic E-state index is -3.33. The molecule has 2 aromatic carbocycles. The molecular weight excluding hydrogens is 525 g/mol. The van der Waals surface area contributed by atoms with Gasteiger partial charge in [-0.05, 0) is 61.4 Å². The maximum Gasteiger partial charge on any atom is 0.267 e. The first-order chi connectivity index (χ1) is 14.5. The molecule has 168 valence electrons. The third kappa shape index (κ3) is 6.14. The van der Waals surface area contributed by atoms with Crippen molar-refractivity contribution in [3.05, 3.63) is 58.1 Å². The number of aryl methyl sites for hydroxylation is 1. The molecule has 0 spiro atoms. The van der Waals surface area contributed by atoms with E-state index < -0.39 is 7.19 Å². The van der Waals surface area contributed by atoms with E-state index in [9.17, 15) is 13.2 Å². The molecule has 0 fully saturated rings. The highest BCUT2D eigenvalue weighted by Gasteiger charge is 2.23. The first-order valence-corrected chi connectivity index (χ1v) is 14.1. The number of hydrogen-bond acceptors (Lipinski definition) is 5. The van der Waals surface area contributed by atoms with Gasteiger partial charge in [-0.1, -0.05) is 31.2 Å². The molecule has 6 nitrogen and oxygen atoms in total. The number of nitrogens with one attached hydrogen (secondary N) is 1. The molecule has 1 atom stereocenters. The summed E-state index contributed by atoms with van der Waals surface area (Å²) in [6, 6.07) is 10.0. The van der Waals surface area contributed by atoms with E-state index in [0.29, 0.717) is 19.5 Å². The lowest BCUT2D eigenvalue weighted by Gasteiger charge is -2.23. The maximum absolute atomic E-state index is 12.2. The quantitative estimate of drug-likeness (QED) is 0.246. The fraction of sp³-hybridized carbons (Fsp3) is 0.391. The Balaban J connectivity index is 2.61. The molecular formula is C23H30IN3O3S. The molecule has 2 rings (SSSR count). The number of nitrogens with zero attached hydrogens (tertiary/aromatic N) is 2. The molecule has 0 bridgehead atoms. The van der Waals surface area contributed by atoms with E-state index >= 15 is 0 Å². The number of aliphatic imine (C=N–C) groups is 1. The summed E-state index contributed by atoms with van der Waals surface area (Å²) in [5.41, 5.74) is 6.56. The Morgan fingerprint density at radius 2 is 1.94 bits per heavy atom. The van der Waals surface area contributed by atoms with Crippen LogP contribution < -0.4 is 5.32 Å². The molecule has 0 radical (unpaired) electrons. The molecule has 0 aliphatic rings. The Hall–Kier alpha value is -1.78. The zero-order valence-electron chi connectivity index (χ0n) is 18.7. The average molecular weight is 555 g/mol. The molecule has 0 heterocycles. The Labute approximate surface area is 197 Å². The SMILES string of the molecule is C=Nc1c(NC)ccc(C(CC(C)=O)c2ccc(C)c(CN(CC)S(=O)(=O)I)c2)c1C. The molecule has 0 aliphatic carbocycles. The highest BCUT2D eigenvalue weighted by molar-refractivity contribution is 14.2. The lowest BCUT2D eigenvalue weighted by Crippen LogP contribution is -2.26. The van der Waals surface area contributed by atoms with Crippen LogP contribution in [0.2, 0.25) is 0 Å². The topological polar surface area (TPSA) is 78.8 Å². The van der Waals surface area contributed by atoms with Crippen molar-refractivity contribution in [1.29, 1.82) is 0 Å². The van der Waals surface area contributed by atoms with E-state index in [0.717, 1.165) is 39.2 Å². The van der Waals surface area contributed by atoms with Crippen LogP contribution in [0.3, 0.4) is 0 Å². The van der Waals surface area contributed by atoms with Gasteiger partial charge in [0.05, 0.1) is 32.6 Å². The van der Waals surface area contributed by atoms with Gasteiger partial charge in [0, 0.05) is 32.5 Å². The van der Waals surface area contributed by atoms with Gasteiger partial charge in [-0.3, -0.25) is 9.79 Å². The fourth-order valence-electron chi connectivity index (χ4n) is 3.81. The molecule has 0 aromatic heterocycles. The number of Topliss-reactive ketones (excluding diaryl/α,β-unsaturated/α-hetero) is 1. The van der Waals surface area contributed by atoms with Crippen LogP contribution in [0.15, 0.2) is 35.3 Å². The number of carbonyl (C=O) groups excluding carboxylic acids is 1. The summed E-state index contributed by atoms with van der Waals surface area (Å²) in [6.07, 6.45) is 0.348. The molecule has 1 unspecified atom stereocenters. The Morgan fingerprint density at radius 1 is 1.26 bits per heavy atom. The van der Waals surface area contributed by atoms with Crippen molar-refractivity contribution < 1.29 is 13.2 Å². The summed E-state index contributed by atoms with van der Waals surface area (Å²) >= 11 is 1.47. The summed E-state index contributed by atoms with van der Waals surface area (Å²) in [6.45, 7) is 11.8. The molecule has 31 heavy (non-hydrogen) atoms. The van der Waals surface area contributed by atoms with E-state index in [4.69, 9.17) is 0 Å². The van der Waals surface area contributed by atoms with Crippen LogP contribution in [0.4, 0.5) is 11.4 Å². The van der Waals surface area contributed by atoms with Gasteiger partial charge in [0.1, 0.15) is 5.78 Å². The van der Waals surface area contributed by atoms with Crippen LogP contribution in [0.5, 0.6) is 0 Å². The zero-order chi connectivity index (χ0) is 23.3. The van der Waals surface area contributed by atoms with Gasteiger partial charge in [0.25, 0.3) is 7.19 Å². The summed E-state index contributed by atoms with van der Waals surface area (Å²) in [4.78, 5) is 16.4. The summed E-state index contributed by atoms with van der Waals surface area (Å²) in [7, 11) is -1.50. The van der Waals surface area contributed by atoms with Crippen molar-refractivity contribution in [3.63, 3.8) is 0 Å². The van der Waals surface area contributed by atoms with Gasteiger partial charge >= 0.3 is 0 Å². The number of rotatable bonds is 10. The first-order valence-electron chi connectivity index (χ1n) is 10.1. The molecule has 0 aliphatic heterocycles. The molecule has 0 saturated heterocycles. The van der Waals surface area contributed by atoms with E-state index in [-0.39, 0.29) is 11.7 Å². The molecule has 2 aromatic rings. The Morgan fingerprint density at radius 3 is 2.45 bits per heavy atom. The average Bonchev–Trinajstić information content (AvgIpc) is 2.70. The van der Waals surface area contributed by atoms with Gasteiger partial charge < -0.3 is 5.32 Å². The number of ketones is 1. The largest absolute Gasteiger partial charge is 0.386 e. The lowest BCUT2D eigenvalue weighted by molar-refractivity contribution is -0.117. The van der Waals surface area contributed by atoms with Crippen LogP contribution in [0.1, 0.15) is 54.0 Å². The third-order valence-corrected chi connectivity index (χ3v) is 8.23. The van der Waals surface area contributed by atoms with Crippen LogP contribution in [0.25, 0.3) is 0 Å². The molecule has 1 N–H and O–H groups in total. The number of benzene rings is 2. The normalized spacial score (nSPS) is 12.6. The highest BCUT2D eigenvalue weighted by Crippen LogP contribution is 2.38. The second-order valence-electron chi connectivity index (χ2n) is 7.60. The van der Waals surface area contributed by atoms with Crippen LogP contribution in [-0.2, 0) is 18.5 Å². The molecule has 0 saturated carbocycles. The highest BCUT2D eigenvalue weighted by atomic mass is 127. The summed E-state index contributed by atoms with van der Waals surface area (Å²) in [5.74, 6) is -0.0723. The van der Waals surface area contributed by atoms with Crippen LogP contribution >= 0.6 is 21.2 Å². The minimum Gasteiger partial charge on any atom is -0.386 e. The number of anilines is 1. The van der Waals surface area contributed by atoms with Gasteiger partial charge in [0.15, 0.2) is 0 Å². The monoisotopic (exact) mass is 555 g/mol. The summed E-state index contributed by atoms with van der Waals surface area (Å²) in [5, 5.41) is 3.13. The first kappa shape index (κ1) is 25.5. The fourth-order valence-corrected chi connectivity index (χ4v) is 5.66. The number of halogens is 1. The Bertz CT molecular complexity index is 1080. The standard InChI is InChI=1S/C23H30IN3O3S/c1-7-27(31(24,29)30)14-19-13-18(9-8-15(19)2)21(12-16(3)28)20-10-11-22(25-5)23(26-6)17(20)4/h8-11,13,21,25H,6-7,12,14H2,1-5H3. The van der Waals surface area contributed by atoms with Crippen molar-refractivity contribution in [2.24, 2.45) is 4.99 Å². The van der Waals surface area contributed by atoms with E-state index in [2.05, 4.69) is 17.0 Å². The predicted octanol–water partition coefficient (Wildman–Crippen LogP) is 5.29. The second-order valence-corrected chi connectivity index (χ2v) is 12.3. The molecule has 8 heteroatoms. The van der Waals surface area contributed by atoms with Crippen molar-refractivity contribution in [3.8, 4) is 0 Å². The lowest BCUT2D eigenvalue weighted by atomic mass is 9.83. The van der Waals surface area contributed by atoms with Crippen LogP contribution in [0, 0.1) is 13.8 Å². The van der Waals surface area contributed by atoms with Gasteiger partial charge in [0.2, 0.25) is 0 Å².